The molecule has 1 aliphatic heterocycles. The number of benzene rings is 2. The Labute approximate surface area is 150 Å². The minimum Gasteiger partial charge on any atom is -0.496 e. The summed E-state index contributed by atoms with van der Waals surface area (Å²) in [5.74, 6) is 0.823. The molecule has 0 spiro atoms. The molecule has 2 aromatic carbocycles. The quantitative estimate of drug-likeness (QED) is 0.803. The van der Waals surface area contributed by atoms with Crippen molar-refractivity contribution in [2.75, 3.05) is 7.11 Å². The molecule has 0 N–H and O–H groups in total. The molecule has 1 fully saturated rings. The van der Waals surface area contributed by atoms with Crippen LogP contribution in [0.15, 0.2) is 48.5 Å². The minimum atomic E-state index is -0.376. The Morgan fingerprint density at radius 1 is 0.920 bits per heavy atom. The standard InChI is InChI=1S/C19H23BO3.CH2O/c1-18(2)19(3,4)23-20(22-18)15-11-12-16(17(13-15)21-5)14-9-7-6-8-10-14;1-2/h6-13H,1-5H3;1H2. The average Bonchev–Trinajstić information content (AvgIpc) is 2.84. The molecule has 3 rings (SSSR count). The van der Waals surface area contributed by atoms with Gasteiger partial charge in [0, 0.05) is 5.56 Å². The van der Waals surface area contributed by atoms with Gasteiger partial charge in [-0.05, 0) is 44.8 Å². The number of carbonyl (C=O) groups excluding carboxylic acids is 1. The van der Waals surface area contributed by atoms with E-state index in [2.05, 4.69) is 45.9 Å². The lowest BCUT2D eigenvalue weighted by Crippen LogP contribution is -2.41. The minimum absolute atomic E-state index is 0.344. The molecule has 5 heteroatoms. The Kier molecular flexibility index (Phi) is 5.70. The fraction of sp³-hybridized carbons (Fsp3) is 0.350. The Hall–Kier alpha value is -2.11. The zero-order chi connectivity index (χ0) is 18.7. The molecule has 1 heterocycles. The summed E-state index contributed by atoms with van der Waals surface area (Å²) in [7, 11) is 1.31. The Morgan fingerprint density at radius 2 is 1.48 bits per heavy atom. The van der Waals surface area contributed by atoms with Gasteiger partial charge in [0.15, 0.2) is 0 Å². The van der Waals surface area contributed by atoms with Gasteiger partial charge in [-0.15, -0.1) is 0 Å². The average molecular weight is 340 g/mol. The second-order valence-electron chi connectivity index (χ2n) is 6.91. The molecular weight excluding hydrogens is 315 g/mol. The number of methoxy groups -OCH3 is 1. The van der Waals surface area contributed by atoms with E-state index >= 15 is 0 Å². The van der Waals surface area contributed by atoms with Crippen molar-refractivity contribution in [3.05, 3.63) is 48.5 Å². The summed E-state index contributed by atoms with van der Waals surface area (Å²) in [6.45, 7) is 10.2. The van der Waals surface area contributed by atoms with Gasteiger partial charge in [-0.1, -0.05) is 42.5 Å². The van der Waals surface area contributed by atoms with E-state index in [1.54, 1.807) is 7.11 Å². The van der Waals surface area contributed by atoms with Gasteiger partial charge in [0.2, 0.25) is 0 Å². The van der Waals surface area contributed by atoms with E-state index in [1.165, 1.54) is 0 Å². The van der Waals surface area contributed by atoms with Crippen LogP contribution < -0.4 is 10.2 Å². The van der Waals surface area contributed by atoms with E-state index in [9.17, 15) is 0 Å². The Balaban J connectivity index is 0.00000109. The highest BCUT2D eigenvalue weighted by Gasteiger charge is 2.51. The maximum atomic E-state index is 8.00. The van der Waals surface area contributed by atoms with Crippen LogP contribution in [0.3, 0.4) is 0 Å². The van der Waals surface area contributed by atoms with Gasteiger partial charge in [-0.3, -0.25) is 0 Å². The molecule has 25 heavy (non-hydrogen) atoms. The van der Waals surface area contributed by atoms with Crippen LogP contribution in [0.2, 0.25) is 0 Å². The van der Waals surface area contributed by atoms with Crippen LogP contribution in [0.4, 0.5) is 0 Å². The van der Waals surface area contributed by atoms with E-state index in [0.717, 1.165) is 22.3 Å². The van der Waals surface area contributed by atoms with Gasteiger partial charge in [0.25, 0.3) is 0 Å². The third-order valence-corrected chi connectivity index (χ3v) is 4.84. The fourth-order valence-electron chi connectivity index (χ4n) is 2.69. The molecule has 0 atom stereocenters. The third kappa shape index (κ3) is 3.78. The first kappa shape index (κ1) is 19.2. The van der Waals surface area contributed by atoms with Crippen LogP contribution in [0, 0.1) is 0 Å². The van der Waals surface area contributed by atoms with Gasteiger partial charge >= 0.3 is 7.12 Å². The number of carbonyl (C=O) groups is 1. The Morgan fingerprint density at radius 3 is 2.00 bits per heavy atom. The van der Waals surface area contributed by atoms with Crippen LogP contribution in [0.1, 0.15) is 27.7 Å². The summed E-state index contributed by atoms with van der Waals surface area (Å²) in [6.07, 6.45) is 0. The summed E-state index contributed by atoms with van der Waals surface area (Å²) in [6, 6.07) is 16.3. The highest BCUT2D eigenvalue weighted by molar-refractivity contribution is 6.62. The van der Waals surface area contributed by atoms with E-state index in [4.69, 9.17) is 18.8 Å². The van der Waals surface area contributed by atoms with Crippen LogP contribution in [0.5, 0.6) is 5.75 Å². The van der Waals surface area contributed by atoms with E-state index < -0.39 is 0 Å². The first-order valence-electron chi connectivity index (χ1n) is 8.22. The smallest absolute Gasteiger partial charge is 0.494 e. The van der Waals surface area contributed by atoms with Crippen molar-refractivity contribution in [3.63, 3.8) is 0 Å². The first-order chi connectivity index (χ1) is 11.8. The second-order valence-corrected chi connectivity index (χ2v) is 6.91. The lowest BCUT2D eigenvalue weighted by atomic mass is 9.78. The molecular formula is C20H25BO4. The molecule has 1 saturated heterocycles. The maximum absolute atomic E-state index is 8.00. The molecule has 4 nitrogen and oxygen atoms in total. The van der Waals surface area contributed by atoms with Gasteiger partial charge in [0.05, 0.1) is 18.3 Å². The summed E-state index contributed by atoms with van der Waals surface area (Å²) < 4.78 is 17.8. The first-order valence-corrected chi connectivity index (χ1v) is 8.22. The van der Waals surface area contributed by atoms with Crippen molar-refractivity contribution in [2.45, 2.75) is 38.9 Å². The van der Waals surface area contributed by atoms with E-state index in [0.29, 0.717) is 0 Å². The summed E-state index contributed by atoms with van der Waals surface area (Å²) in [4.78, 5) is 8.00. The third-order valence-electron chi connectivity index (χ3n) is 4.84. The molecule has 0 saturated carbocycles. The summed E-state index contributed by atoms with van der Waals surface area (Å²) in [5, 5.41) is 0. The molecule has 0 bridgehead atoms. The van der Waals surface area contributed by atoms with Crippen LogP contribution >= 0.6 is 0 Å². The Bertz CT molecular complexity index is 697. The lowest BCUT2D eigenvalue weighted by molar-refractivity contribution is -0.0979. The zero-order valence-electron chi connectivity index (χ0n) is 15.5. The molecule has 0 radical (unpaired) electrons. The van der Waals surface area contributed by atoms with Crippen molar-refractivity contribution < 1.29 is 18.8 Å². The van der Waals surface area contributed by atoms with Gasteiger partial charge in [-0.2, -0.15) is 0 Å². The molecule has 1 aliphatic rings. The molecule has 0 amide bonds. The molecule has 0 unspecified atom stereocenters. The van der Waals surface area contributed by atoms with Crippen LogP contribution in [0.25, 0.3) is 11.1 Å². The maximum Gasteiger partial charge on any atom is 0.494 e. The van der Waals surface area contributed by atoms with Crippen LogP contribution in [-0.4, -0.2) is 32.2 Å². The van der Waals surface area contributed by atoms with Crippen molar-refractivity contribution in [2.24, 2.45) is 0 Å². The van der Waals surface area contributed by atoms with Crippen molar-refractivity contribution in [1.82, 2.24) is 0 Å². The predicted octanol–water partition coefficient (Wildman–Crippen LogP) is 3.48. The monoisotopic (exact) mass is 340 g/mol. The molecule has 0 aliphatic carbocycles. The van der Waals surface area contributed by atoms with Crippen molar-refractivity contribution in [3.8, 4) is 16.9 Å². The van der Waals surface area contributed by atoms with Crippen molar-refractivity contribution >= 4 is 19.4 Å². The van der Waals surface area contributed by atoms with Crippen LogP contribution in [-0.2, 0) is 14.1 Å². The summed E-state index contributed by atoms with van der Waals surface area (Å²) in [5.41, 5.74) is 2.48. The highest BCUT2D eigenvalue weighted by atomic mass is 16.7. The van der Waals surface area contributed by atoms with Gasteiger partial charge in [0.1, 0.15) is 12.5 Å². The lowest BCUT2D eigenvalue weighted by Gasteiger charge is -2.32. The summed E-state index contributed by atoms with van der Waals surface area (Å²) >= 11 is 0. The zero-order valence-corrected chi connectivity index (χ0v) is 15.5. The van der Waals surface area contributed by atoms with Gasteiger partial charge < -0.3 is 18.8 Å². The molecule has 2 aromatic rings. The topological polar surface area (TPSA) is 44.8 Å². The molecule has 0 aromatic heterocycles. The van der Waals surface area contributed by atoms with E-state index in [1.807, 2.05) is 37.1 Å². The fourth-order valence-corrected chi connectivity index (χ4v) is 2.69. The van der Waals surface area contributed by atoms with Crippen molar-refractivity contribution in [1.29, 1.82) is 0 Å². The molecule has 132 valence electrons. The highest BCUT2D eigenvalue weighted by Crippen LogP contribution is 2.37. The number of ether oxygens (including phenoxy) is 1. The predicted molar refractivity (Wildman–Crippen MR) is 101 cm³/mol. The number of rotatable bonds is 3. The SMILES string of the molecule is C=O.COc1cc(B2OC(C)(C)C(C)(C)O2)ccc1-c1ccccc1. The number of hydrogen-bond acceptors (Lipinski definition) is 4. The van der Waals surface area contributed by atoms with Gasteiger partial charge in [-0.25, -0.2) is 0 Å². The number of hydrogen-bond donors (Lipinski definition) is 0. The normalized spacial score (nSPS) is 17.6. The van der Waals surface area contributed by atoms with E-state index in [-0.39, 0.29) is 18.3 Å². The second kappa shape index (κ2) is 7.42. The largest absolute Gasteiger partial charge is 0.496 e.